The Bertz CT molecular complexity index is 1010. The van der Waals surface area contributed by atoms with Gasteiger partial charge in [-0.3, -0.25) is 10.3 Å². The molecule has 2 aromatic heterocycles. The van der Waals surface area contributed by atoms with E-state index in [0.29, 0.717) is 11.0 Å². The monoisotopic (exact) mass is 436 g/mol. The molecule has 1 aliphatic heterocycles. The number of carbonyl (C=O) groups excluding carboxylic acids is 1. The van der Waals surface area contributed by atoms with Gasteiger partial charge in [-0.15, -0.1) is 10.2 Å². The molecule has 1 N–H and O–H groups in total. The van der Waals surface area contributed by atoms with Crippen LogP contribution in [0.5, 0.6) is 0 Å². The largest absolute Gasteiger partial charge is 0.371 e. The van der Waals surface area contributed by atoms with E-state index in [1.54, 1.807) is 4.90 Å². The first-order chi connectivity index (χ1) is 15.0. The molecule has 7 nitrogen and oxygen atoms in total. The van der Waals surface area contributed by atoms with Gasteiger partial charge in [-0.2, -0.15) is 0 Å². The van der Waals surface area contributed by atoms with Gasteiger partial charge in [0.1, 0.15) is 5.01 Å². The zero-order chi connectivity index (χ0) is 21.8. The smallest absolute Gasteiger partial charge is 0.323 e. The standard InChI is InChI=1S/C23H28N6OS/c1-16-12-17(2)14-19(13-16)21-26-27-22(31-21)25-23(30)28(3)15-18-6-10-29(11-7-18)20-4-8-24-9-5-20/h4-5,8-9,12-14,18H,6-7,10-11,15H2,1-3H3,(H,25,27,30). The number of aromatic nitrogens is 3. The number of rotatable bonds is 5. The van der Waals surface area contributed by atoms with Gasteiger partial charge in [-0.05, 0) is 56.9 Å². The number of amides is 2. The summed E-state index contributed by atoms with van der Waals surface area (Å²) in [6.07, 6.45) is 5.79. The zero-order valence-corrected chi connectivity index (χ0v) is 19.0. The van der Waals surface area contributed by atoms with Crippen LogP contribution >= 0.6 is 11.3 Å². The fourth-order valence-electron chi connectivity index (χ4n) is 4.07. The number of aryl methyl sites for hydroxylation is 2. The van der Waals surface area contributed by atoms with Crippen LogP contribution in [0.4, 0.5) is 15.6 Å². The lowest BCUT2D eigenvalue weighted by Crippen LogP contribution is -2.40. The predicted octanol–water partition coefficient (Wildman–Crippen LogP) is 4.60. The summed E-state index contributed by atoms with van der Waals surface area (Å²) in [4.78, 5) is 20.9. The van der Waals surface area contributed by atoms with Gasteiger partial charge in [-0.25, -0.2) is 4.79 Å². The predicted molar refractivity (Wildman–Crippen MR) is 126 cm³/mol. The van der Waals surface area contributed by atoms with Crippen LogP contribution in [-0.4, -0.2) is 52.8 Å². The topological polar surface area (TPSA) is 74.2 Å². The lowest BCUT2D eigenvalue weighted by Gasteiger charge is -2.35. The van der Waals surface area contributed by atoms with Gasteiger partial charge >= 0.3 is 6.03 Å². The molecular weight excluding hydrogens is 408 g/mol. The molecule has 4 rings (SSSR count). The quantitative estimate of drug-likeness (QED) is 0.633. The van der Waals surface area contributed by atoms with Crippen molar-refractivity contribution in [3.63, 3.8) is 0 Å². The summed E-state index contributed by atoms with van der Waals surface area (Å²) in [6, 6.07) is 10.3. The molecule has 162 valence electrons. The molecular formula is C23H28N6OS. The molecule has 1 saturated heterocycles. The molecule has 0 bridgehead atoms. The fourth-order valence-corrected chi connectivity index (χ4v) is 4.79. The van der Waals surface area contributed by atoms with Crippen molar-refractivity contribution in [2.45, 2.75) is 26.7 Å². The van der Waals surface area contributed by atoms with Crippen molar-refractivity contribution in [3.8, 4) is 10.6 Å². The number of anilines is 2. The molecule has 8 heteroatoms. The minimum absolute atomic E-state index is 0.139. The third kappa shape index (κ3) is 5.38. The molecule has 1 aliphatic rings. The Morgan fingerprint density at radius 1 is 1.13 bits per heavy atom. The second-order valence-corrected chi connectivity index (χ2v) is 9.21. The van der Waals surface area contributed by atoms with Crippen LogP contribution in [-0.2, 0) is 0 Å². The van der Waals surface area contributed by atoms with E-state index < -0.39 is 0 Å². The van der Waals surface area contributed by atoms with Gasteiger partial charge in [-0.1, -0.05) is 28.5 Å². The van der Waals surface area contributed by atoms with E-state index in [1.807, 2.05) is 31.6 Å². The maximum absolute atomic E-state index is 12.7. The molecule has 0 saturated carbocycles. The number of urea groups is 1. The van der Waals surface area contributed by atoms with Crippen LogP contribution in [0.25, 0.3) is 10.6 Å². The van der Waals surface area contributed by atoms with Crippen molar-refractivity contribution in [1.29, 1.82) is 0 Å². The van der Waals surface area contributed by atoms with Gasteiger partial charge in [0, 0.05) is 50.3 Å². The SMILES string of the molecule is Cc1cc(C)cc(-c2nnc(NC(=O)N(C)CC3CCN(c4ccncc4)CC3)s2)c1. The van der Waals surface area contributed by atoms with Crippen molar-refractivity contribution in [2.75, 3.05) is 36.9 Å². The molecule has 31 heavy (non-hydrogen) atoms. The number of hydrogen-bond donors (Lipinski definition) is 1. The van der Waals surface area contributed by atoms with Crippen LogP contribution in [0, 0.1) is 19.8 Å². The number of piperidine rings is 1. The third-order valence-corrected chi connectivity index (χ3v) is 6.52. The summed E-state index contributed by atoms with van der Waals surface area (Å²) >= 11 is 1.40. The summed E-state index contributed by atoms with van der Waals surface area (Å²) in [7, 11) is 1.84. The Balaban J connectivity index is 1.29. The van der Waals surface area contributed by atoms with Crippen LogP contribution in [0.15, 0.2) is 42.7 Å². The first kappa shape index (κ1) is 21.2. The second-order valence-electron chi connectivity index (χ2n) is 8.24. The zero-order valence-electron chi connectivity index (χ0n) is 18.2. The maximum atomic E-state index is 12.7. The summed E-state index contributed by atoms with van der Waals surface area (Å²) in [5.74, 6) is 0.495. The van der Waals surface area contributed by atoms with E-state index >= 15 is 0 Å². The minimum atomic E-state index is -0.139. The number of carbonyl (C=O) groups is 1. The van der Waals surface area contributed by atoms with Crippen LogP contribution in [0.1, 0.15) is 24.0 Å². The van der Waals surface area contributed by atoms with E-state index in [-0.39, 0.29) is 6.03 Å². The Hall–Kier alpha value is -3.00. The summed E-state index contributed by atoms with van der Waals surface area (Å²) < 4.78 is 0. The average Bonchev–Trinajstić information content (AvgIpc) is 3.23. The molecule has 0 spiro atoms. The highest BCUT2D eigenvalue weighted by atomic mass is 32.1. The van der Waals surface area contributed by atoms with Gasteiger partial charge in [0.2, 0.25) is 5.13 Å². The molecule has 1 aromatic carbocycles. The van der Waals surface area contributed by atoms with Crippen molar-refractivity contribution < 1.29 is 4.79 Å². The average molecular weight is 437 g/mol. The first-order valence-corrected chi connectivity index (χ1v) is 11.4. The van der Waals surface area contributed by atoms with Gasteiger partial charge in [0.25, 0.3) is 0 Å². The van der Waals surface area contributed by atoms with Gasteiger partial charge < -0.3 is 9.80 Å². The van der Waals surface area contributed by atoms with Gasteiger partial charge in [0.15, 0.2) is 0 Å². The normalized spacial score (nSPS) is 14.5. The highest BCUT2D eigenvalue weighted by Gasteiger charge is 2.23. The Kier molecular flexibility index (Phi) is 6.46. The molecule has 0 radical (unpaired) electrons. The number of benzene rings is 1. The molecule has 0 aliphatic carbocycles. The van der Waals surface area contributed by atoms with Crippen LogP contribution in [0.2, 0.25) is 0 Å². The number of nitrogens with zero attached hydrogens (tertiary/aromatic N) is 5. The van der Waals surface area contributed by atoms with Crippen LogP contribution in [0.3, 0.4) is 0 Å². The summed E-state index contributed by atoms with van der Waals surface area (Å²) in [6.45, 7) is 6.87. The first-order valence-electron chi connectivity index (χ1n) is 10.6. The van der Waals surface area contributed by atoms with E-state index in [2.05, 4.69) is 57.4 Å². The van der Waals surface area contributed by atoms with E-state index in [1.165, 1.54) is 28.2 Å². The maximum Gasteiger partial charge on any atom is 0.323 e. The number of hydrogen-bond acceptors (Lipinski definition) is 6. The van der Waals surface area contributed by atoms with E-state index in [0.717, 1.165) is 43.0 Å². The number of nitrogens with one attached hydrogen (secondary N) is 1. The molecule has 1 fully saturated rings. The van der Waals surface area contributed by atoms with E-state index in [4.69, 9.17) is 0 Å². The lowest BCUT2D eigenvalue weighted by atomic mass is 9.96. The van der Waals surface area contributed by atoms with Crippen molar-refractivity contribution in [3.05, 3.63) is 53.9 Å². The number of pyridine rings is 1. The fraction of sp³-hybridized carbons (Fsp3) is 0.391. The van der Waals surface area contributed by atoms with Crippen molar-refractivity contribution in [2.24, 2.45) is 5.92 Å². The molecule has 0 unspecified atom stereocenters. The highest BCUT2D eigenvalue weighted by molar-refractivity contribution is 7.18. The van der Waals surface area contributed by atoms with E-state index in [9.17, 15) is 4.79 Å². The lowest BCUT2D eigenvalue weighted by molar-refractivity contribution is 0.208. The molecule has 3 heterocycles. The molecule has 3 aromatic rings. The highest BCUT2D eigenvalue weighted by Crippen LogP contribution is 2.28. The van der Waals surface area contributed by atoms with Gasteiger partial charge in [0.05, 0.1) is 0 Å². The minimum Gasteiger partial charge on any atom is -0.371 e. The Labute approximate surface area is 187 Å². The Morgan fingerprint density at radius 3 is 2.48 bits per heavy atom. The molecule has 0 atom stereocenters. The Morgan fingerprint density at radius 2 is 1.81 bits per heavy atom. The summed E-state index contributed by atoms with van der Waals surface area (Å²) in [5.41, 5.74) is 4.62. The van der Waals surface area contributed by atoms with Crippen molar-refractivity contribution in [1.82, 2.24) is 20.1 Å². The van der Waals surface area contributed by atoms with Crippen molar-refractivity contribution >= 4 is 28.2 Å². The second kappa shape index (κ2) is 9.43. The third-order valence-electron chi connectivity index (χ3n) is 5.63. The molecule has 2 amide bonds. The van der Waals surface area contributed by atoms with Crippen LogP contribution < -0.4 is 10.2 Å². The summed E-state index contributed by atoms with van der Waals surface area (Å²) in [5, 5.41) is 12.7.